The smallest absolute Gasteiger partial charge is 0.0862 e. The maximum absolute atomic E-state index is 10.3. The Hall–Kier alpha value is -2.11. The maximum atomic E-state index is 10.3. The van der Waals surface area contributed by atoms with Gasteiger partial charge in [-0.05, 0) is 49.5 Å². The van der Waals surface area contributed by atoms with E-state index in [4.69, 9.17) is 0 Å². The third-order valence-electron chi connectivity index (χ3n) is 5.07. The summed E-state index contributed by atoms with van der Waals surface area (Å²) >= 11 is 0. The maximum Gasteiger partial charge on any atom is 0.0862 e. The molecule has 0 radical (unpaired) electrons. The zero-order chi connectivity index (χ0) is 16.4. The van der Waals surface area contributed by atoms with Gasteiger partial charge in [-0.15, -0.1) is 0 Å². The minimum absolute atomic E-state index is 0.366. The number of piperidine rings is 1. The number of hydrogen-bond donors (Lipinski definition) is 2. The quantitative estimate of drug-likeness (QED) is 0.758. The summed E-state index contributed by atoms with van der Waals surface area (Å²) in [5, 5.41) is 15.8. The van der Waals surface area contributed by atoms with E-state index >= 15 is 0 Å². The van der Waals surface area contributed by atoms with Gasteiger partial charge in [0.2, 0.25) is 0 Å². The predicted octanol–water partition coefficient (Wildman–Crippen LogP) is 2.60. The molecule has 4 rings (SSSR count). The Morgan fingerprint density at radius 2 is 2.00 bits per heavy atom. The second-order valence-corrected chi connectivity index (χ2v) is 6.75. The Morgan fingerprint density at radius 3 is 2.79 bits per heavy atom. The van der Waals surface area contributed by atoms with Gasteiger partial charge < -0.3 is 15.0 Å². The topological polar surface area (TPSA) is 57.1 Å². The Morgan fingerprint density at radius 1 is 1.17 bits per heavy atom. The minimum Gasteiger partial charge on any atom is -0.390 e. The number of benzene rings is 1. The van der Waals surface area contributed by atoms with Gasteiger partial charge >= 0.3 is 0 Å². The molecule has 2 N–H and O–H groups in total. The van der Waals surface area contributed by atoms with E-state index in [1.807, 2.05) is 12.3 Å². The number of nitrogens with zero attached hydrogens (tertiary/aromatic N) is 3. The molecule has 3 heterocycles. The van der Waals surface area contributed by atoms with Crippen molar-refractivity contribution in [2.75, 3.05) is 19.6 Å². The van der Waals surface area contributed by atoms with E-state index in [-0.39, 0.29) is 6.10 Å². The first-order valence-electron chi connectivity index (χ1n) is 8.73. The standard InChI is InChI=1S/C19H24N4O/c24-16(14-23-9-3-8-21-23)13-22-10-6-15(7-11-22)18-12-20-19-5-2-1-4-17(18)19/h1-5,8-9,12,15-16,20,24H,6-7,10-11,13-14H2/t16-/m0/s1. The van der Waals surface area contributed by atoms with Crippen LogP contribution >= 0.6 is 0 Å². The molecule has 0 spiro atoms. The van der Waals surface area contributed by atoms with Crippen LogP contribution in [0, 0.1) is 0 Å². The summed E-state index contributed by atoms with van der Waals surface area (Å²) in [6, 6.07) is 10.4. The molecule has 126 valence electrons. The number of β-amino-alcohol motifs (C(OH)–C–C–N with tert-alkyl or cyclic N) is 1. The van der Waals surface area contributed by atoms with Gasteiger partial charge in [-0.2, -0.15) is 5.10 Å². The molecule has 5 heteroatoms. The molecule has 0 amide bonds. The number of nitrogens with one attached hydrogen (secondary N) is 1. The van der Waals surface area contributed by atoms with Crippen molar-refractivity contribution >= 4 is 10.9 Å². The van der Waals surface area contributed by atoms with Crippen LogP contribution in [0.2, 0.25) is 0 Å². The number of aromatic nitrogens is 3. The fourth-order valence-electron chi connectivity index (χ4n) is 3.84. The minimum atomic E-state index is -0.366. The number of para-hydroxylation sites is 1. The third-order valence-corrected chi connectivity index (χ3v) is 5.07. The van der Waals surface area contributed by atoms with Crippen LogP contribution in [0.25, 0.3) is 10.9 Å². The summed E-state index contributed by atoms with van der Waals surface area (Å²) in [4.78, 5) is 5.76. The molecule has 1 aromatic carbocycles. The van der Waals surface area contributed by atoms with Crippen molar-refractivity contribution in [2.24, 2.45) is 0 Å². The molecule has 1 aliphatic rings. The van der Waals surface area contributed by atoms with Crippen molar-refractivity contribution in [3.05, 3.63) is 54.5 Å². The molecule has 1 atom stereocenters. The van der Waals surface area contributed by atoms with E-state index < -0.39 is 0 Å². The van der Waals surface area contributed by atoms with Crippen molar-refractivity contribution in [2.45, 2.75) is 31.4 Å². The molecule has 24 heavy (non-hydrogen) atoms. The average Bonchev–Trinajstić information content (AvgIpc) is 3.25. The molecule has 1 aliphatic heterocycles. The van der Waals surface area contributed by atoms with Crippen LogP contribution in [0.3, 0.4) is 0 Å². The van der Waals surface area contributed by atoms with E-state index in [9.17, 15) is 5.11 Å². The van der Waals surface area contributed by atoms with Gasteiger partial charge in [-0.25, -0.2) is 0 Å². The molecule has 5 nitrogen and oxygen atoms in total. The normalized spacial score (nSPS) is 18.2. The van der Waals surface area contributed by atoms with E-state index in [0.29, 0.717) is 12.5 Å². The molecule has 2 aromatic heterocycles. The number of aromatic amines is 1. The van der Waals surface area contributed by atoms with Crippen LogP contribution in [0.4, 0.5) is 0 Å². The zero-order valence-corrected chi connectivity index (χ0v) is 13.8. The van der Waals surface area contributed by atoms with Gasteiger partial charge in [0.1, 0.15) is 0 Å². The molecule has 1 saturated heterocycles. The Labute approximate surface area is 141 Å². The number of likely N-dealkylation sites (tertiary alicyclic amines) is 1. The number of rotatable bonds is 5. The van der Waals surface area contributed by atoms with E-state index in [2.05, 4.69) is 45.4 Å². The summed E-state index contributed by atoms with van der Waals surface area (Å²) in [7, 11) is 0. The van der Waals surface area contributed by atoms with Gasteiger partial charge in [-0.1, -0.05) is 18.2 Å². The van der Waals surface area contributed by atoms with E-state index in [1.165, 1.54) is 16.5 Å². The van der Waals surface area contributed by atoms with E-state index in [0.717, 1.165) is 32.5 Å². The largest absolute Gasteiger partial charge is 0.390 e. The van der Waals surface area contributed by atoms with Gasteiger partial charge in [0.15, 0.2) is 0 Å². The number of aliphatic hydroxyl groups excluding tert-OH is 1. The van der Waals surface area contributed by atoms with Crippen LogP contribution in [-0.4, -0.2) is 50.5 Å². The lowest BCUT2D eigenvalue weighted by atomic mass is 9.89. The summed E-state index contributed by atoms with van der Waals surface area (Å²) in [5.74, 6) is 0.612. The highest BCUT2D eigenvalue weighted by atomic mass is 16.3. The highest BCUT2D eigenvalue weighted by Gasteiger charge is 2.24. The first kappa shape index (κ1) is 15.4. The summed E-state index contributed by atoms with van der Waals surface area (Å²) in [6.07, 6.45) is 7.75. The van der Waals surface area contributed by atoms with Crippen molar-refractivity contribution in [1.82, 2.24) is 19.7 Å². The SMILES string of the molecule is O[C@@H](CN1CCC(c2c[nH]c3ccccc23)CC1)Cn1cccn1. The number of aliphatic hydroxyl groups is 1. The lowest BCUT2D eigenvalue weighted by Gasteiger charge is -2.33. The molecule has 0 unspecified atom stereocenters. The van der Waals surface area contributed by atoms with Gasteiger partial charge in [0.05, 0.1) is 12.6 Å². The van der Waals surface area contributed by atoms with Crippen LogP contribution in [-0.2, 0) is 6.54 Å². The Balaban J connectivity index is 1.33. The predicted molar refractivity (Wildman–Crippen MR) is 94.9 cm³/mol. The van der Waals surface area contributed by atoms with Crippen molar-refractivity contribution in [3.63, 3.8) is 0 Å². The van der Waals surface area contributed by atoms with Gasteiger partial charge in [0.25, 0.3) is 0 Å². The Bertz CT molecular complexity index is 772. The van der Waals surface area contributed by atoms with Crippen molar-refractivity contribution in [1.29, 1.82) is 0 Å². The molecular formula is C19H24N4O. The number of hydrogen-bond acceptors (Lipinski definition) is 3. The summed E-state index contributed by atoms with van der Waals surface area (Å²) < 4.78 is 1.79. The molecule has 3 aromatic rings. The van der Waals surface area contributed by atoms with E-state index in [1.54, 1.807) is 10.9 Å². The lowest BCUT2D eigenvalue weighted by Crippen LogP contribution is -2.39. The first-order valence-corrected chi connectivity index (χ1v) is 8.73. The van der Waals surface area contributed by atoms with Crippen LogP contribution in [0.5, 0.6) is 0 Å². The third kappa shape index (κ3) is 3.23. The highest BCUT2D eigenvalue weighted by molar-refractivity contribution is 5.83. The second-order valence-electron chi connectivity index (χ2n) is 6.75. The number of fused-ring (bicyclic) bond motifs is 1. The van der Waals surface area contributed by atoms with Crippen molar-refractivity contribution < 1.29 is 5.11 Å². The van der Waals surface area contributed by atoms with Crippen LogP contribution < -0.4 is 0 Å². The second kappa shape index (κ2) is 6.79. The molecule has 1 fully saturated rings. The van der Waals surface area contributed by atoms with Crippen LogP contribution in [0.15, 0.2) is 48.9 Å². The molecule has 0 saturated carbocycles. The fraction of sp³-hybridized carbons (Fsp3) is 0.421. The summed E-state index contributed by atoms with van der Waals surface area (Å²) in [5.41, 5.74) is 2.67. The molecular weight excluding hydrogens is 300 g/mol. The average molecular weight is 324 g/mol. The first-order chi connectivity index (χ1) is 11.8. The molecule has 0 aliphatic carbocycles. The monoisotopic (exact) mass is 324 g/mol. The van der Waals surface area contributed by atoms with Crippen LogP contribution in [0.1, 0.15) is 24.3 Å². The fourth-order valence-corrected chi connectivity index (χ4v) is 3.84. The van der Waals surface area contributed by atoms with Gasteiger partial charge in [-0.3, -0.25) is 4.68 Å². The Kier molecular flexibility index (Phi) is 4.36. The zero-order valence-electron chi connectivity index (χ0n) is 13.8. The van der Waals surface area contributed by atoms with Crippen molar-refractivity contribution in [3.8, 4) is 0 Å². The van der Waals surface area contributed by atoms with Gasteiger partial charge in [0, 0.05) is 36.0 Å². The highest BCUT2D eigenvalue weighted by Crippen LogP contribution is 2.33. The lowest BCUT2D eigenvalue weighted by molar-refractivity contribution is 0.0823. The molecule has 0 bridgehead atoms. The number of H-pyrrole nitrogens is 1. The summed E-state index contributed by atoms with van der Waals surface area (Å²) in [6.45, 7) is 3.37.